The second-order valence-electron chi connectivity index (χ2n) is 4.75. The summed E-state index contributed by atoms with van der Waals surface area (Å²) in [5, 5.41) is 10.3. The standard InChI is InChI=1S/C16H17N2O3.Mn/c1-10-2-4-11(5-3-10)14(19)12-6-8-13(9-7-12)15(20)16(17)21-18;/h2-9,14,19H,17-18H2,1H3;/q-1;. The molecule has 0 bridgehead atoms. The third-order valence-corrected chi connectivity index (χ3v) is 3.23. The number of nitrogens with two attached hydrogens (primary N) is 2. The van der Waals surface area contributed by atoms with Crippen LogP contribution in [0, 0.1) is 13.2 Å². The molecule has 1 atom stereocenters. The average molecular weight is 340 g/mol. The van der Waals surface area contributed by atoms with Gasteiger partial charge < -0.3 is 20.5 Å². The predicted molar refractivity (Wildman–Crippen MR) is 78.7 cm³/mol. The molecule has 2 rings (SSSR count). The van der Waals surface area contributed by atoms with E-state index in [4.69, 9.17) is 11.6 Å². The summed E-state index contributed by atoms with van der Waals surface area (Å²) in [7, 11) is 0. The summed E-state index contributed by atoms with van der Waals surface area (Å²) in [6.07, 6.45) is -1.12. The molecule has 0 amide bonds. The molecule has 0 aliphatic heterocycles. The number of benzene rings is 2. The predicted octanol–water partition coefficient (Wildman–Crippen LogP) is 1.60. The molecule has 0 aromatic heterocycles. The number of carbonyl (C=O) groups excluding carboxylic acids is 1. The van der Waals surface area contributed by atoms with Crippen LogP contribution in [0.5, 0.6) is 0 Å². The van der Waals surface area contributed by atoms with E-state index in [-0.39, 0.29) is 23.3 Å². The normalized spacial score (nSPS) is 11.5. The van der Waals surface area contributed by atoms with E-state index in [2.05, 4.69) is 4.84 Å². The Bertz CT molecular complexity index is 614. The van der Waals surface area contributed by atoms with Gasteiger partial charge in [0.05, 0.1) is 5.78 Å². The number of rotatable bonds is 5. The maximum atomic E-state index is 11.7. The van der Waals surface area contributed by atoms with E-state index < -0.39 is 11.9 Å². The first-order valence-electron chi connectivity index (χ1n) is 6.41. The van der Waals surface area contributed by atoms with Crippen LogP contribution < -0.4 is 11.6 Å². The van der Waals surface area contributed by atoms with E-state index in [1.807, 2.05) is 31.2 Å². The van der Waals surface area contributed by atoms with E-state index in [1.165, 1.54) is 0 Å². The monoisotopic (exact) mass is 340 g/mol. The molecule has 0 aliphatic rings. The van der Waals surface area contributed by atoms with Crippen molar-refractivity contribution >= 4 is 5.78 Å². The maximum absolute atomic E-state index is 11.7. The van der Waals surface area contributed by atoms with E-state index in [0.717, 1.165) is 11.1 Å². The smallest absolute Gasteiger partial charge is 0.104 e. The minimum Gasteiger partial charge on any atom is -0.384 e. The molecule has 22 heavy (non-hydrogen) atoms. The molecule has 5 nitrogen and oxygen atoms in total. The van der Waals surface area contributed by atoms with E-state index in [1.54, 1.807) is 24.3 Å². The van der Waals surface area contributed by atoms with Crippen LogP contribution in [-0.2, 0) is 21.9 Å². The van der Waals surface area contributed by atoms with Crippen molar-refractivity contribution in [3.63, 3.8) is 0 Å². The molecule has 2 aromatic carbocycles. The van der Waals surface area contributed by atoms with Crippen LogP contribution in [0.3, 0.4) is 0 Å². The molecule has 2 aromatic rings. The third-order valence-electron chi connectivity index (χ3n) is 3.23. The van der Waals surface area contributed by atoms with Gasteiger partial charge in [0.15, 0.2) is 0 Å². The largest absolute Gasteiger partial charge is 0.384 e. The third kappa shape index (κ3) is 4.18. The molecule has 0 aliphatic carbocycles. The number of ketones is 1. The van der Waals surface area contributed by atoms with Crippen molar-refractivity contribution < 1.29 is 31.8 Å². The van der Waals surface area contributed by atoms with Crippen molar-refractivity contribution in [2.45, 2.75) is 13.0 Å². The Morgan fingerprint density at radius 1 is 1.09 bits per heavy atom. The zero-order valence-corrected chi connectivity index (χ0v) is 13.2. The molecular weight excluding hydrogens is 323 g/mol. The van der Waals surface area contributed by atoms with Crippen molar-refractivity contribution in [3.8, 4) is 0 Å². The van der Waals surface area contributed by atoms with Gasteiger partial charge in [-0.3, -0.25) is 0 Å². The average Bonchev–Trinajstić information content (AvgIpc) is 2.53. The molecule has 0 saturated carbocycles. The maximum Gasteiger partial charge on any atom is 0.104 e. The first-order chi connectivity index (χ1) is 10.0. The van der Waals surface area contributed by atoms with Gasteiger partial charge in [0, 0.05) is 23.3 Å². The molecule has 117 valence electrons. The molecule has 5 N–H and O–H groups in total. The fraction of sp³-hybridized carbons (Fsp3) is 0.125. The van der Waals surface area contributed by atoms with Crippen molar-refractivity contribution in [1.29, 1.82) is 0 Å². The molecule has 0 heterocycles. The van der Waals surface area contributed by atoms with Crippen LogP contribution in [-0.4, -0.2) is 10.9 Å². The molecule has 1 radical (unpaired) electrons. The number of aliphatic hydroxyl groups is 1. The Morgan fingerprint density at radius 2 is 1.55 bits per heavy atom. The molecule has 0 saturated heterocycles. The van der Waals surface area contributed by atoms with E-state index in [9.17, 15) is 9.90 Å². The topological polar surface area (TPSA) is 98.6 Å². The number of hydrogen-bond donors (Lipinski definition) is 3. The summed E-state index contributed by atoms with van der Waals surface area (Å²) in [5.41, 5.74) is 8.26. The zero-order chi connectivity index (χ0) is 15.4. The minimum absolute atomic E-state index is 0. The van der Waals surface area contributed by atoms with Gasteiger partial charge in [0.25, 0.3) is 0 Å². The summed E-state index contributed by atoms with van der Waals surface area (Å²) in [5.74, 6) is 4.36. The summed E-state index contributed by atoms with van der Waals surface area (Å²) < 4.78 is 0. The Balaban J connectivity index is 0.00000242. The van der Waals surface area contributed by atoms with Crippen molar-refractivity contribution in [1.82, 2.24) is 0 Å². The quantitative estimate of drug-likeness (QED) is 0.332. The van der Waals surface area contributed by atoms with Crippen molar-refractivity contribution in [3.05, 3.63) is 77.0 Å². The van der Waals surface area contributed by atoms with Crippen LogP contribution >= 0.6 is 0 Å². The van der Waals surface area contributed by atoms with E-state index in [0.29, 0.717) is 11.1 Å². The number of hydrogen-bond acceptors (Lipinski definition) is 5. The Morgan fingerprint density at radius 3 is 2.00 bits per heavy atom. The van der Waals surface area contributed by atoms with Crippen molar-refractivity contribution in [2.24, 2.45) is 11.6 Å². The molecule has 1 unspecified atom stereocenters. The number of aliphatic hydroxyl groups excluding tert-OH is 1. The Hall–Kier alpha value is -1.66. The van der Waals surface area contributed by atoms with E-state index >= 15 is 0 Å². The van der Waals surface area contributed by atoms with Gasteiger partial charge in [0.2, 0.25) is 0 Å². The Kier molecular flexibility index (Phi) is 6.77. The zero-order valence-electron chi connectivity index (χ0n) is 12.0. The summed E-state index contributed by atoms with van der Waals surface area (Å²) in [6.45, 7) is 1.98. The SMILES string of the molecule is Cc1ccc(C(O)c2ccc(C(=O)[C-](N)ON)cc2)cc1.[Mn]. The van der Waals surface area contributed by atoms with Gasteiger partial charge in [-0.1, -0.05) is 42.0 Å². The van der Waals surface area contributed by atoms with Crippen LogP contribution in [0.15, 0.2) is 48.5 Å². The van der Waals surface area contributed by atoms with Gasteiger partial charge in [-0.2, -0.15) is 0 Å². The first-order valence-corrected chi connectivity index (χ1v) is 6.41. The van der Waals surface area contributed by atoms with Crippen LogP contribution in [0.1, 0.15) is 33.2 Å². The van der Waals surface area contributed by atoms with Crippen LogP contribution in [0.4, 0.5) is 0 Å². The molecule has 0 fully saturated rings. The number of Topliss-reactive ketones (excluding diaryl/α,β-unsaturated/α-hetero) is 1. The van der Waals surface area contributed by atoms with Gasteiger partial charge in [-0.05, 0) is 18.1 Å². The van der Waals surface area contributed by atoms with Crippen LogP contribution in [0.2, 0.25) is 0 Å². The first kappa shape index (κ1) is 18.4. The fourth-order valence-corrected chi connectivity index (χ4v) is 1.95. The van der Waals surface area contributed by atoms with Gasteiger partial charge >= 0.3 is 0 Å². The number of carbonyl (C=O) groups is 1. The fourth-order valence-electron chi connectivity index (χ4n) is 1.95. The summed E-state index contributed by atoms with van der Waals surface area (Å²) >= 11 is 0. The summed E-state index contributed by atoms with van der Waals surface area (Å²) in [4.78, 5) is 16.0. The summed E-state index contributed by atoms with van der Waals surface area (Å²) in [6, 6.07) is 14.1. The van der Waals surface area contributed by atoms with Crippen LogP contribution in [0.25, 0.3) is 0 Å². The van der Waals surface area contributed by atoms with Gasteiger partial charge in [0.1, 0.15) is 6.10 Å². The second kappa shape index (κ2) is 8.10. The minimum atomic E-state index is -0.748. The molecule has 6 heteroatoms. The van der Waals surface area contributed by atoms with Gasteiger partial charge in [-0.25, -0.2) is 5.90 Å². The number of aryl methyl sites for hydroxylation is 1. The molecule has 0 spiro atoms. The Labute approximate surface area is 139 Å². The van der Waals surface area contributed by atoms with Crippen molar-refractivity contribution in [2.75, 3.05) is 0 Å². The molecular formula is C16H17MnN2O3-. The second-order valence-corrected chi connectivity index (χ2v) is 4.75. The van der Waals surface area contributed by atoms with Gasteiger partial charge in [-0.15, -0.1) is 17.7 Å².